The van der Waals surface area contributed by atoms with Crippen LogP contribution < -0.4 is 0 Å². The van der Waals surface area contributed by atoms with Crippen LogP contribution in [0.5, 0.6) is 0 Å². The molecule has 0 saturated heterocycles. The van der Waals surface area contributed by atoms with Gasteiger partial charge in [-0.2, -0.15) is 0 Å². The third-order valence-corrected chi connectivity index (χ3v) is 4.17. The molecule has 0 aliphatic rings. The minimum Gasteiger partial charge on any atom is -0.298 e. The number of hydrogen-bond donors (Lipinski definition) is 0. The third kappa shape index (κ3) is 3.16. The molecule has 1 nitrogen and oxygen atoms in total. The van der Waals surface area contributed by atoms with Crippen molar-refractivity contribution in [3.63, 3.8) is 0 Å². The Morgan fingerprint density at radius 3 is 2.35 bits per heavy atom. The summed E-state index contributed by atoms with van der Waals surface area (Å²) in [4.78, 5) is 11.2. The molecule has 0 heterocycles. The lowest BCUT2D eigenvalue weighted by Crippen LogP contribution is -2.16. The van der Waals surface area contributed by atoms with E-state index in [4.69, 9.17) is 0 Å². The van der Waals surface area contributed by atoms with E-state index in [1.54, 1.807) is 0 Å². The number of carbonyl (C=O) groups excluding carboxylic acids is 1. The van der Waals surface area contributed by atoms with Gasteiger partial charge in [0.1, 0.15) is 6.29 Å². The van der Waals surface area contributed by atoms with Gasteiger partial charge in [0.15, 0.2) is 0 Å². The summed E-state index contributed by atoms with van der Waals surface area (Å²) in [6.45, 7) is 6.69. The van der Waals surface area contributed by atoms with Crippen molar-refractivity contribution in [2.24, 2.45) is 0 Å². The summed E-state index contributed by atoms with van der Waals surface area (Å²) in [5.74, 6) is 0. The largest absolute Gasteiger partial charge is 0.298 e. The summed E-state index contributed by atoms with van der Waals surface area (Å²) < 4.78 is 0. The Bertz CT molecular complexity index is 582. The topological polar surface area (TPSA) is 17.1 Å². The SMILES string of the molecule is CCC(C)(C)c1ccc(C=O)c(Cc2ccccc2)c1. The maximum atomic E-state index is 11.2. The van der Waals surface area contributed by atoms with Gasteiger partial charge in [-0.3, -0.25) is 4.79 Å². The molecule has 0 saturated carbocycles. The molecule has 0 atom stereocenters. The second kappa shape index (κ2) is 6.04. The van der Waals surface area contributed by atoms with E-state index in [-0.39, 0.29) is 5.41 Å². The first kappa shape index (κ1) is 14.5. The first-order valence-corrected chi connectivity index (χ1v) is 7.19. The molecule has 2 rings (SSSR count). The van der Waals surface area contributed by atoms with Crippen molar-refractivity contribution in [1.82, 2.24) is 0 Å². The predicted molar refractivity (Wildman–Crippen MR) is 84.4 cm³/mol. The maximum Gasteiger partial charge on any atom is 0.150 e. The molecule has 104 valence electrons. The molecular formula is C19H22O. The number of aldehydes is 1. The van der Waals surface area contributed by atoms with Crippen LogP contribution in [0.1, 0.15) is 54.2 Å². The zero-order chi connectivity index (χ0) is 14.6. The summed E-state index contributed by atoms with van der Waals surface area (Å²) in [6.07, 6.45) is 2.85. The average molecular weight is 266 g/mol. The smallest absolute Gasteiger partial charge is 0.150 e. The zero-order valence-electron chi connectivity index (χ0n) is 12.5. The van der Waals surface area contributed by atoms with Gasteiger partial charge in [-0.05, 0) is 34.9 Å². The second-order valence-corrected chi connectivity index (χ2v) is 5.93. The van der Waals surface area contributed by atoms with Crippen LogP contribution in [0.15, 0.2) is 48.5 Å². The van der Waals surface area contributed by atoms with Gasteiger partial charge in [0, 0.05) is 5.56 Å². The van der Waals surface area contributed by atoms with E-state index in [0.29, 0.717) is 0 Å². The molecule has 2 aromatic carbocycles. The molecule has 1 heteroatoms. The highest BCUT2D eigenvalue weighted by atomic mass is 16.1. The molecular weight excluding hydrogens is 244 g/mol. The monoisotopic (exact) mass is 266 g/mol. The molecule has 0 spiro atoms. The van der Waals surface area contributed by atoms with Gasteiger partial charge in [0.25, 0.3) is 0 Å². The summed E-state index contributed by atoms with van der Waals surface area (Å²) >= 11 is 0. The Kier molecular flexibility index (Phi) is 4.39. The van der Waals surface area contributed by atoms with Crippen LogP contribution in [0, 0.1) is 0 Å². The maximum absolute atomic E-state index is 11.2. The van der Waals surface area contributed by atoms with E-state index >= 15 is 0 Å². The van der Waals surface area contributed by atoms with Gasteiger partial charge < -0.3 is 0 Å². The normalized spacial score (nSPS) is 11.3. The van der Waals surface area contributed by atoms with Crippen molar-refractivity contribution in [1.29, 1.82) is 0 Å². The average Bonchev–Trinajstić information content (AvgIpc) is 2.48. The molecule has 0 N–H and O–H groups in total. The van der Waals surface area contributed by atoms with Crippen LogP contribution in [-0.2, 0) is 11.8 Å². The number of hydrogen-bond acceptors (Lipinski definition) is 1. The van der Waals surface area contributed by atoms with E-state index in [1.165, 1.54) is 11.1 Å². The molecule has 0 bridgehead atoms. The van der Waals surface area contributed by atoms with Crippen LogP contribution in [0.4, 0.5) is 0 Å². The fraction of sp³-hybridized carbons (Fsp3) is 0.316. The van der Waals surface area contributed by atoms with Gasteiger partial charge in [0.05, 0.1) is 0 Å². The number of benzene rings is 2. The van der Waals surface area contributed by atoms with E-state index in [9.17, 15) is 4.79 Å². The van der Waals surface area contributed by atoms with Gasteiger partial charge >= 0.3 is 0 Å². The van der Waals surface area contributed by atoms with Crippen molar-refractivity contribution in [2.45, 2.75) is 39.0 Å². The fourth-order valence-electron chi connectivity index (χ4n) is 2.31. The number of rotatable bonds is 5. The minimum atomic E-state index is 0.146. The molecule has 0 aromatic heterocycles. The summed E-state index contributed by atoms with van der Waals surface area (Å²) in [7, 11) is 0. The lowest BCUT2D eigenvalue weighted by atomic mass is 9.80. The zero-order valence-corrected chi connectivity index (χ0v) is 12.5. The standard InChI is InChI=1S/C19H22O/c1-4-19(2,3)18-11-10-16(14-20)17(13-18)12-15-8-6-5-7-9-15/h5-11,13-14H,4,12H2,1-3H3. The molecule has 0 amide bonds. The first-order valence-electron chi connectivity index (χ1n) is 7.19. The molecule has 0 fully saturated rings. The predicted octanol–water partition coefficient (Wildman–Crippen LogP) is 4.78. The van der Waals surface area contributed by atoms with Gasteiger partial charge in [-0.25, -0.2) is 0 Å². The van der Waals surface area contributed by atoms with Crippen molar-refractivity contribution in [3.8, 4) is 0 Å². The molecule has 0 aliphatic heterocycles. The highest BCUT2D eigenvalue weighted by Crippen LogP contribution is 2.28. The second-order valence-electron chi connectivity index (χ2n) is 5.93. The van der Waals surface area contributed by atoms with Crippen molar-refractivity contribution < 1.29 is 4.79 Å². The van der Waals surface area contributed by atoms with E-state index in [0.717, 1.165) is 30.3 Å². The lowest BCUT2D eigenvalue weighted by Gasteiger charge is -2.24. The number of carbonyl (C=O) groups is 1. The molecule has 0 aliphatic carbocycles. The Labute approximate surface area is 121 Å². The van der Waals surface area contributed by atoms with Crippen molar-refractivity contribution >= 4 is 6.29 Å². The molecule has 2 aromatic rings. The Hall–Kier alpha value is -1.89. The fourth-order valence-corrected chi connectivity index (χ4v) is 2.31. The summed E-state index contributed by atoms with van der Waals surface area (Å²) in [5, 5.41) is 0. The quantitative estimate of drug-likeness (QED) is 0.712. The van der Waals surface area contributed by atoms with Gasteiger partial charge in [-0.1, -0.05) is 69.3 Å². The van der Waals surface area contributed by atoms with Crippen LogP contribution in [0.3, 0.4) is 0 Å². The minimum absolute atomic E-state index is 0.146. The highest BCUT2D eigenvalue weighted by Gasteiger charge is 2.19. The van der Waals surface area contributed by atoms with Gasteiger partial charge in [0.2, 0.25) is 0 Å². The van der Waals surface area contributed by atoms with Crippen LogP contribution >= 0.6 is 0 Å². The molecule has 20 heavy (non-hydrogen) atoms. The van der Waals surface area contributed by atoms with Crippen LogP contribution in [-0.4, -0.2) is 6.29 Å². The third-order valence-electron chi connectivity index (χ3n) is 4.17. The van der Waals surface area contributed by atoms with E-state index < -0.39 is 0 Å². The van der Waals surface area contributed by atoms with E-state index in [2.05, 4.69) is 45.0 Å². The Balaban J connectivity index is 2.40. The van der Waals surface area contributed by atoms with Crippen LogP contribution in [0.25, 0.3) is 0 Å². The Morgan fingerprint density at radius 1 is 1.05 bits per heavy atom. The van der Waals surface area contributed by atoms with Crippen LogP contribution in [0.2, 0.25) is 0 Å². The highest BCUT2D eigenvalue weighted by molar-refractivity contribution is 5.77. The van der Waals surface area contributed by atoms with Crippen molar-refractivity contribution in [3.05, 3.63) is 70.8 Å². The van der Waals surface area contributed by atoms with Crippen molar-refractivity contribution in [2.75, 3.05) is 0 Å². The van der Waals surface area contributed by atoms with E-state index in [1.807, 2.05) is 24.3 Å². The first-order chi connectivity index (χ1) is 9.56. The summed E-state index contributed by atoms with van der Waals surface area (Å²) in [5.41, 5.74) is 4.60. The molecule has 0 unspecified atom stereocenters. The molecule has 0 radical (unpaired) electrons. The van der Waals surface area contributed by atoms with Gasteiger partial charge in [-0.15, -0.1) is 0 Å². The Morgan fingerprint density at radius 2 is 1.75 bits per heavy atom. The lowest BCUT2D eigenvalue weighted by molar-refractivity contribution is 0.112. The summed E-state index contributed by atoms with van der Waals surface area (Å²) in [6, 6.07) is 16.5.